The molecule has 0 aliphatic carbocycles. The molecule has 0 saturated heterocycles. The van der Waals surface area contributed by atoms with Gasteiger partial charge in [0.2, 0.25) is 0 Å². The number of fused-ring (bicyclic) bond motifs is 1. The average molecular weight is 396 g/mol. The van der Waals surface area contributed by atoms with Crippen LogP contribution in [0, 0.1) is 6.92 Å². The van der Waals surface area contributed by atoms with Crippen LogP contribution in [0.5, 0.6) is 0 Å². The number of hydrogen-bond acceptors (Lipinski definition) is 3. The minimum Gasteiger partial charge on any atom is -0.480 e. The molecule has 2 heterocycles. The Morgan fingerprint density at radius 2 is 2.00 bits per heavy atom. The van der Waals surface area contributed by atoms with E-state index in [4.69, 9.17) is 5.11 Å². The average Bonchev–Trinajstić information content (AvgIpc) is 2.82. The number of halogens is 3. The fourth-order valence-corrected chi connectivity index (χ4v) is 2.83. The van der Waals surface area contributed by atoms with E-state index in [2.05, 4.69) is 26.0 Å². The summed E-state index contributed by atoms with van der Waals surface area (Å²) in [6, 6.07) is 8.39. The van der Waals surface area contributed by atoms with Gasteiger partial charge in [0.15, 0.2) is 5.65 Å². The minimum atomic E-state index is -2.72. The van der Waals surface area contributed by atoms with Gasteiger partial charge < -0.3 is 5.11 Å². The Kier molecular flexibility index (Phi) is 4.31. The molecule has 0 radical (unpaired) electrons. The van der Waals surface area contributed by atoms with Crippen LogP contribution in [0.4, 0.5) is 8.78 Å². The first kappa shape index (κ1) is 16.5. The van der Waals surface area contributed by atoms with E-state index < -0.39 is 18.9 Å². The molecule has 8 heteroatoms. The number of carbonyl (C=O) groups is 1. The number of carboxylic acids is 1. The summed E-state index contributed by atoms with van der Waals surface area (Å²) in [5, 5.41) is 13.2. The molecule has 0 aliphatic rings. The number of alkyl halides is 2. The number of rotatable bonds is 4. The summed E-state index contributed by atoms with van der Waals surface area (Å²) in [5.41, 5.74) is 1.27. The SMILES string of the molecule is Cc1nn(CC(=O)O)c2nc(-c3ccc(Br)cc3)cc(C(F)F)c12. The molecule has 0 bridgehead atoms. The normalized spacial score (nSPS) is 11.4. The predicted molar refractivity (Wildman–Crippen MR) is 88.0 cm³/mol. The lowest BCUT2D eigenvalue weighted by Gasteiger charge is -2.08. The first-order valence-electron chi connectivity index (χ1n) is 7.00. The molecular formula is C16H12BrF2N3O2. The van der Waals surface area contributed by atoms with Gasteiger partial charge in [0, 0.05) is 15.6 Å². The van der Waals surface area contributed by atoms with Crippen LogP contribution in [-0.2, 0) is 11.3 Å². The quantitative estimate of drug-likeness (QED) is 0.718. The monoisotopic (exact) mass is 395 g/mol. The summed E-state index contributed by atoms with van der Waals surface area (Å²) in [7, 11) is 0. The molecular weight excluding hydrogens is 384 g/mol. The molecule has 124 valence electrons. The van der Waals surface area contributed by atoms with Crippen LogP contribution in [0.25, 0.3) is 22.3 Å². The summed E-state index contributed by atoms with van der Waals surface area (Å²) >= 11 is 3.32. The fourth-order valence-electron chi connectivity index (χ4n) is 2.57. The van der Waals surface area contributed by atoms with Crippen LogP contribution < -0.4 is 0 Å². The van der Waals surface area contributed by atoms with Crippen molar-refractivity contribution in [3.63, 3.8) is 0 Å². The molecule has 3 aromatic rings. The molecule has 0 amide bonds. The second kappa shape index (κ2) is 6.27. The van der Waals surface area contributed by atoms with Crippen LogP contribution >= 0.6 is 15.9 Å². The second-order valence-corrected chi connectivity index (χ2v) is 6.16. The number of nitrogens with zero attached hydrogens (tertiary/aromatic N) is 3. The number of aromatic nitrogens is 3. The van der Waals surface area contributed by atoms with Gasteiger partial charge in [0.1, 0.15) is 6.54 Å². The van der Waals surface area contributed by atoms with E-state index in [0.717, 1.165) is 9.15 Å². The molecule has 3 rings (SSSR count). The zero-order chi connectivity index (χ0) is 17.4. The van der Waals surface area contributed by atoms with Gasteiger partial charge in [-0.3, -0.25) is 4.79 Å². The summed E-state index contributed by atoms with van der Waals surface area (Å²) in [4.78, 5) is 15.4. The van der Waals surface area contributed by atoms with Crippen molar-refractivity contribution in [1.29, 1.82) is 0 Å². The molecule has 0 spiro atoms. The van der Waals surface area contributed by atoms with E-state index in [0.29, 0.717) is 17.0 Å². The van der Waals surface area contributed by atoms with Crippen LogP contribution in [0.1, 0.15) is 17.7 Å². The number of benzene rings is 1. The van der Waals surface area contributed by atoms with E-state index in [9.17, 15) is 13.6 Å². The molecule has 0 unspecified atom stereocenters. The first-order valence-corrected chi connectivity index (χ1v) is 7.80. The van der Waals surface area contributed by atoms with E-state index >= 15 is 0 Å². The summed E-state index contributed by atoms with van der Waals surface area (Å²) in [6.07, 6.45) is -2.72. The lowest BCUT2D eigenvalue weighted by Crippen LogP contribution is -2.11. The van der Waals surface area contributed by atoms with E-state index in [-0.39, 0.29) is 16.6 Å². The number of aryl methyl sites for hydroxylation is 1. The Morgan fingerprint density at radius 3 is 2.58 bits per heavy atom. The lowest BCUT2D eigenvalue weighted by atomic mass is 10.1. The summed E-state index contributed by atoms with van der Waals surface area (Å²) in [6.45, 7) is 1.12. The third-order valence-corrected chi connectivity index (χ3v) is 4.10. The zero-order valence-electron chi connectivity index (χ0n) is 12.5. The van der Waals surface area contributed by atoms with Crippen molar-refractivity contribution in [3.05, 3.63) is 46.1 Å². The van der Waals surface area contributed by atoms with Crippen LogP contribution in [0.3, 0.4) is 0 Å². The van der Waals surface area contributed by atoms with Gasteiger partial charge in [-0.1, -0.05) is 28.1 Å². The summed E-state index contributed by atoms with van der Waals surface area (Å²) in [5.74, 6) is -1.12. The van der Waals surface area contributed by atoms with Crippen LogP contribution in [0.2, 0.25) is 0 Å². The number of carboxylic acid groups (broad SMARTS) is 1. The molecule has 1 aromatic carbocycles. The predicted octanol–water partition coefficient (Wildman–Crippen LogP) is 4.19. The highest BCUT2D eigenvalue weighted by Gasteiger charge is 2.21. The Labute approximate surface area is 144 Å². The van der Waals surface area contributed by atoms with Crippen molar-refractivity contribution in [3.8, 4) is 11.3 Å². The molecule has 0 fully saturated rings. The van der Waals surface area contributed by atoms with E-state index in [1.807, 2.05) is 0 Å². The minimum absolute atomic E-state index is 0.144. The first-order chi connectivity index (χ1) is 11.4. The zero-order valence-corrected chi connectivity index (χ0v) is 14.1. The molecule has 1 N–H and O–H groups in total. The maximum absolute atomic E-state index is 13.5. The van der Waals surface area contributed by atoms with Crippen molar-refractivity contribution in [1.82, 2.24) is 14.8 Å². The third-order valence-electron chi connectivity index (χ3n) is 3.57. The Bertz CT molecular complexity index is 923. The highest BCUT2D eigenvalue weighted by molar-refractivity contribution is 9.10. The van der Waals surface area contributed by atoms with Gasteiger partial charge in [0.25, 0.3) is 6.43 Å². The van der Waals surface area contributed by atoms with E-state index in [1.165, 1.54) is 6.07 Å². The largest absolute Gasteiger partial charge is 0.480 e. The van der Waals surface area contributed by atoms with Gasteiger partial charge in [-0.2, -0.15) is 5.10 Å². The van der Waals surface area contributed by atoms with Gasteiger partial charge in [0.05, 0.1) is 16.8 Å². The highest BCUT2D eigenvalue weighted by Crippen LogP contribution is 2.33. The Balaban J connectivity index is 2.28. The standard InChI is InChI=1S/C16H12BrF2N3O2/c1-8-14-11(15(18)19)6-12(9-2-4-10(17)5-3-9)20-16(14)22(21-8)7-13(23)24/h2-6,15H,7H2,1H3,(H,23,24). The third kappa shape index (κ3) is 3.01. The van der Waals surface area contributed by atoms with Crippen LogP contribution in [-0.4, -0.2) is 25.8 Å². The molecule has 0 saturated carbocycles. The van der Waals surface area contributed by atoms with Crippen molar-refractivity contribution in [2.75, 3.05) is 0 Å². The van der Waals surface area contributed by atoms with Gasteiger partial charge in [-0.15, -0.1) is 0 Å². The van der Waals surface area contributed by atoms with Crippen molar-refractivity contribution in [2.24, 2.45) is 0 Å². The summed E-state index contributed by atoms with van der Waals surface area (Å²) < 4.78 is 29.0. The molecule has 24 heavy (non-hydrogen) atoms. The van der Waals surface area contributed by atoms with Gasteiger partial charge in [-0.25, -0.2) is 18.4 Å². The van der Waals surface area contributed by atoms with Crippen LogP contribution in [0.15, 0.2) is 34.8 Å². The maximum atomic E-state index is 13.5. The van der Waals surface area contributed by atoms with Crippen molar-refractivity contribution in [2.45, 2.75) is 19.9 Å². The maximum Gasteiger partial charge on any atom is 0.325 e. The topological polar surface area (TPSA) is 68.0 Å². The smallest absolute Gasteiger partial charge is 0.325 e. The Morgan fingerprint density at radius 1 is 1.33 bits per heavy atom. The van der Waals surface area contributed by atoms with Crippen molar-refractivity contribution < 1.29 is 18.7 Å². The van der Waals surface area contributed by atoms with E-state index in [1.54, 1.807) is 31.2 Å². The molecule has 2 aromatic heterocycles. The van der Waals surface area contributed by atoms with Gasteiger partial charge in [-0.05, 0) is 25.1 Å². The number of aliphatic carboxylic acids is 1. The molecule has 0 aliphatic heterocycles. The lowest BCUT2D eigenvalue weighted by molar-refractivity contribution is -0.137. The molecule has 5 nitrogen and oxygen atoms in total. The Hall–Kier alpha value is -2.35. The second-order valence-electron chi connectivity index (χ2n) is 5.24. The number of pyridine rings is 1. The number of hydrogen-bond donors (Lipinski definition) is 1. The fraction of sp³-hybridized carbons (Fsp3) is 0.188. The highest BCUT2D eigenvalue weighted by atomic mass is 79.9. The van der Waals surface area contributed by atoms with Gasteiger partial charge >= 0.3 is 5.97 Å². The van der Waals surface area contributed by atoms with Crippen molar-refractivity contribution >= 4 is 32.9 Å². The molecule has 0 atom stereocenters.